The van der Waals surface area contributed by atoms with Gasteiger partial charge in [0.25, 0.3) is 0 Å². The van der Waals surface area contributed by atoms with E-state index in [0.29, 0.717) is 29.2 Å². The zero-order valence-electron chi connectivity index (χ0n) is 22.2. The van der Waals surface area contributed by atoms with E-state index in [1.165, 1.54) is 37.9 Å². The van der Waals surface area contributed by atoms with Crippen LogP contribution in [-0.4, -0.2) is 69.5 Å². The summed E-state index contributed by atoms with van der Waals surface area (Å²) in [5.41, 5.74) is 10.5. The summed E-state index contributed by atoms with van der Waals surface area (Å²) in [5, 5.41) is 18.8. The van der Waals surface area contributed by atoms with Gasteiger partial charge >= 0.3 is 0 Å². The number of fused-ring (bicyclic) bond motifs is 3. The number of aromatic hydroxyl groups is 1. The normalized spacial score (nSPS) is 25.9. The lowest BCUT2D eigenvalue weighted by molar-refractivity contribution is 0.270. The summed E-state index contributed by atoms with van der Waals surface area (Å²) >= 11 is 0. The minimum atomic E-state index is 0.187. The highest BCUT2D eigenvalue weighted by Crippen LogP contribution is 2.39. The van der Waals surface area contributed by atoms with Crippen LogP contribution in [0.4, 0.5) is 17.2 Å². The molecule has 1 aliphatic carbocycles. The Kier molecular flexibility index (Phi) is 6.24. The highest BCUT2D eigenvalue weighted by atomic mass is 16.3. The van der Waals surface area contributed by atoms with E-state index in [4.69, 9.17) is 5.73 Å². The SMILES string of the molecule is Nc1nnc(-c2ccccc2O)cc1N1CC2CCC(C1)N2c1ccnc(C#CCN2CCC3CCCC32)c1. The van der Waals surface area contributed by atoms with Gasteiger partial charge in [-0.15, -0.1) is 10.2 Å². The largest absolute Gasteiger partial charge is 0.507 e. The highest BCUT2D eigenvalue weighted by Gasteiger charge is 2.41. The van der Waals surface area contributed by atoms with Crippen LogP contribution in [0, 0.1) is 17.8 Å². The molecule has 4 atom stereocenters. The summed E-state index contributed by atoms with van der Waals surface area (Å²) in [6.07, 6.45) is 9.62. The molecule has 0 spiro atoms. The molecule has 4 fully saturated rings. The van der Waals surface area contributed by atoms with E-state index >= 15 is 0 Å². The number of nitrogens with two attached hydrogens (primary N) is 1. The van der Waals surface area contributed by atoms with E-state index < -0.39 is 0 Å². The van der Waals surface area contributed by atoms with E-state index in [2.05, 4.69) is 53.9 Å². The Balaban J connectivity index is 1.07. The van der Waals surface area contributed by atoms with Gasteiger partial charge in [0, 0.05) is 48.7 Å². The monoisotopic (exact) mass is 521 g/mol. The van der Waals surface area contributed by atoms with Crippen LogP contribution in [0.1, 0.15) is 44.2 Å². The first-order valence-electron chi connectivity index (χ1n) is 14.3. The Morgan fingerprint density at radius 3 is 2.67 bits per heavy atom. The van der Waals surface area contributed by atoms with Crippen molar-refractivity contribution in [1.82, 2.24) is 20.1 Å². The molecule has 8 heteroatoms. The van der Waals surface area contributed by atoms with Gasteiger partial charge in [0.2, 0.25) is 0 Å². The third-order valence-electron chi connectivity index (χ3n) is 9.22. The molecule has 3 saturated heterocycles. The first-order chi connectivity index (χ1) is 19.1. The molecule has 1 aromatic carbocycles. The van der Waals surface area contributed by atoms with Gasteiger partial charge in [0.05, 0.1) is 17.9 Å². The molecule has 39 heavy (non-hydrogen) atoms. The van der Waals surface area contributed by atoms with Crippen LogP contribution in [0.2, 0.25) is 0 Å². The standard InChI is InChI=1S/C31H35N7O/c32-31-29(18-27(34-35-31)26-7-1-2-9-30(26)39)37-19-24-10-11-25(20-37)38(24)23-12-14-33-22(17-23)6-4-15-36-16-13-21-5-3-8-28(21)36/h1-2,7,9,12,14,17-18,21,24-25,28,39H,3,5,8,10-11,13,15-16,19-20H2,(H2,32,35). The fourth-order valence-corrected chi connectivity index (χ4v) is 7.40. The van der Waals surface area contributed by atoms with E-state index in [1.54, 1.807) is 12.1 Å². The van der Waals surface area contributed by atoms with Gasteiger partial charge in [0.1, 0.15) is 11.4 Å². The van der Waals surface area contributed by atoms with Gasteiger partial charge < -0.3 is 20.6 Å². The average Bonchev–Trinajstić information content (AvgIpc) is 3.64. The molecular weight excluding hydrogens is 486 g/mol. The van der Waals surface area contributed by atoms with Crippen molar-refractivity contribution in [3.8, 4) is 28.8 Å². The van der Waals surface area contributed by atoms with Crippen molar-refractivity contribution in [3.63, 3.8) is 0 Å². The van der Waals surface area contributed by atoms with Crippen LogP contribution >= 0.6 is 0 Å². The number of aromatic nitrogens is 3. The van der Waals surface area contributed by atoms with Crippen molar-refractivity contribution in [3.05, 3.63) is 54.4 Å². The summed E-state index contributed by atoms with van der Waals surface area (Å²) in [4.78, 5) is 12.0. The van der Waals surface area contributed by atoms with Gasteiger partial charge in [0.15, 0.2) is 5.82 Å². The maximum atomic E-state index is 10.3. The third-order valence-corrected chi connectivity index (χ3v) is 9.22. The lowest BCUT2D eigenvalue weighted by Gasteiger charge is -2.43. The predicted molar refractivity (Wildman–Crippen MR) is 153 cm³/mol. The van der Waals surface area contributed by atoms with Crippen LogP contribution in [0.15, 0.2) is 48.7 Å². The number of benzene rings is 1. The molecule has 3 aromatic rings. The Labute approximate surface area is 229 Å². The number of nitrogen functional groups attached to an aromatic ring is 1. The summed E-state index contributed by atoms with van der Waals surface area (Å²) < 4.78 is 0. The summed E-state index contributed by atoms with van der Waals surface area (Å²) in [6.45, 7) is 3.75. The molecule has 2 bridgehead atoms. The number of piperazine rings is 1. The van der Waals surface area contributed by atoms with Gasteiger partial charge in [-0.05, 0) is 80.8 Å². The number of phenols is 1. The fourth-order valence-electron chi connectivity index (χ4n) is 7.40. The molecule has 1 saturated carbocycles. The molecule has 7 rings (SSSR count). The number of rotatable bonds is 4. The zero-order valence-corrected chi connectivity index (χ0v) is 22.2. The Morgan fingerprint density at radius 2 is 1.82 bits per heavy atom. The number of pyridine rings is 1. The van der Waals surface area contributed by atoms with Gasteiger partial charge in [-0.25, -0.2) is 4.98 Å². The highest BCUT2D eigenvalue weighted by molar-refractivity contribution is 5.74. The van der Waals surface area contributed by atoms with Crippen molar-refractivity contribution >= 4 is 17.2 Å². The minimum Gasteiger partial charge on any atom is -0.507 e. The maximum absolute atomic E-state index is 10.3. The van der Waals surface area contributed by atoms with Crippen LogP contribution in [0.5, 0.6) is 5.75 Å². The van der Waals surface area contributed by atoms with Crippen molar-refractivity contribution in [2.75, 3.05) is 41.7 Å². The van der Waals surface area contributed by atoms with Crippen molar-refractivity contribution in [1.29, 1.82) is 0 Å². The summed E-state index contributed by atoms with van der Waals surface area (Å²) in [5.74, 6) is 8.29. The molecule has 3 aliphatic heterocycles. The topological polar surface area (TPSA) is 94.6 Å². The Bertz CT molecular complexity index is 1420. The van der Waals surface area contributed by atoms with Crippen LogP contribution in [-0.2, 0) is 0 Å². The maximum Gasteiger partial charge on any atom is 0.169 e. The molecule has 0 radical (unpaired) electrons. The molecule has 4 unspecified atom stereocenters. The summed E-state index contributed by atoms with van der Waals surface area (Å²) in [6, 6.07) is 14.9. The van der Waals surface area contributed by atoms with Crippen LogP contribution in [0.3, 0.4) is 0 Å². The minimum absolute atomic E-state index is 0.187. The zero-order chi connectivity index (χ0) is 26.3. The van der Waals surface area contributed by atoms with Crippen molar-refractivity contribution in [2.45, 2.75) is 56.7 Å². The molecule has 2 aromatic heterocycles. The van der Waals surface area contributed by atoms with E-state index in [-0.39, 0.29) is 5.75 Å². The number of nitrogens with zero attached hydrogens (tertiary/aromatic N) is 6. The van der Waals surface area contributed by atoms with Gasteiger partial charge in [-0.2, -0.15) is 0 Å². The molecule has 0 amide bonds. The summed E-state index contributed by atoms with van der Waals surface area (Å²) in [7, 11) is 0. The number of anilines is 3. The Morgan fingerprint density at radius 1 is 0.974 bits per heavy atom. The first kappa shape index (κ1) is 24.2. The average molecular weight is 522 g/mol. The Hall–Kier alpha value is -3.83. The van der Waals surface area contributed by atoms with Crippen molar-refractivity contribution in [2.24, 2.45) is 5.92 Å². The van der Waals surface area contributed by atoms with Gasteiger partial charge in [-0.3, -0.25) is 4.90 Å². The van der Waals surface area contributed by atoms with Crippen LogP contribution < -0.4 is 15.5 Å². The second-order valence-corrected chi connectivity index (χ2v) is 11.4. The number of likely N-dealkylation sites (tertiary alicyclic amines) is 1. The van der Waals surface area contributed by atoms with Crippen LogP contribution in [0.25, 0.3) is 11.3 Å². The van der Waals surface area contributed by atoms with Gasteiger partial charge in [-0.1, -0.05) is 24.5 Å². The second-order valence-electron chi connectivity index (χ2n) is 11.4. The number of hydrogen-bond donors (Lipinski definition) is 2. The quantitative estimate of drug-likeness (QED) is 0.499. The number of hydrogen-bond acceptors (Lipinski definition) is 8. The lowest BCUT2D eigenvalue weighted by atomic mass is 10.1. The number of para-hydroxylation sites is 1. The molecule has 5 heterocycles. The fraction of sp³-hybridized carbons (Fsp3) is 0.452. The van der Waals surface area contributed by atoms with Crippen molar-refractivity contribution < 1.29 is 5.11 Å². The van der Waals surface area contributed by atoms with E-state index in [9.17, 15) is 5.11 Å². The number of phenolic OH excluding ortho intramolecular Hbond substituents is 1. The third kappa shape index (κ3) is 4.55. The van der Waals surface area contributed by atoms with E-state index in [1.807, 2.05) is 24.4 Å². The molecule has 200 valence electrons. The molecule has 3 N–H and O–H groups in total. The molecule has 4 aliphatic rings. The smallest absolute Gasteiger partial charge is 0.169 e. The lowest BCUT2D eigenvalue weighted by Crippen LogP contribution is -2.54. The molecule has 8 nitrogen and oxygen atoms in total. The predicted octanol–water partition coefficient (Wildman–Crippen LogP) is 3.91. The van der Waals surface area contributed by atoms with E-state index in [0.717, 1.165) is 55.8 Å². The second kappa shape index (κ2) is 10.0. The first-order valence-corrected chi connectivity index (χ1v) is 14.3. The molecular formula is C31H35N7O.